The van der Waals surface area contributed by atoms with Gasteiger partial charge < -0.3 is 14.4 Å². The van der Waals surface area contributed by atoms with Crippen LogP contribution in [-0.2, 0) is 4.74 Å². The molecule has 1 aromatic heterocycles. The van der Waals surface area contributed by atoms with Crippen LogP contribution in [-0.4, -0.2) is 24.8 Å². The number of anilines is 1. The topological polar surface area (TPSA) is 73.6 Å². The molecule has 0 radical (unpaired) electrons. The average Bonchev–Trinajstić information content (AvgIpc) is 3.44. The highest BCUT2D eigenvalue weighted by molar-refractivity contribution is 7.13. The van der Waals surface area contributed by atoms with E-state index in [0.29, 0.717) is 5.57 Å². The normalized spacial score (nSPS) is 14.5. The highest BCUT2D eigenvalue weighted by atomic mass is 32.1. The molecule has 0 aliphatic carbocycles. The molecule has 0 atom stereocenters. The smallest absolute Gasteiger partial charge is 0.237 e. The average molecular weight is 525 g/mol. The maximum Gasteiger partial charge on any atom is 0.237 e. The zero-order valence-corrected chi connectivity index (χ0v) is 23.5. The Morgan fingerprint density at radius 1 is 1.08 bits per heavy atom. The lowest BCUT2D eigenvalue weighted by Gasteiger charge is -2.23. The van der Waals surface area contributed by atoms with E-state index in [1.807, 2.05) is 64.1 Å². The number of ether oxygens (including phenoxy) is 2. The molecule has 1 aliphatic rings. The van der Waals surface area contributed by atoms with Gasteiger partial charge in [-0.2, -0.15) is 10.5 Å². The van der Waals surface area contributed by atoms with Crippen LogP contribution in [0.5, 0.6) is 5.75 Å². The maximum atomic E-state index is 9.25. The molecule has 0 saturated carbocycles. The fraction of sp³-hybridized carbons (Fsp3) is 0.323. The van der Waals surface area contributed by atoms with Gasteiger partial charge >= 0.3 is 0 Å². The summed E-state index contributed by atoms with van der Waals surface area (Å²) in [5.74, 6) is 0.910. The van der Waals surface area contributed by atoms with Gasteiger partial charge in [0.1, 0.15) is 23.5 Å². The molecule has 194 valence electrons. The summed E-state index contributed by atoms with van der Waals surface area (Å²) in [5.41, 5.74) is 1.98. The van der Waals surface area contributed by atoms with Crippen LogP contribution in [0.4, 0.5) is 5.69 Å². The molecule has 2 heterocycles. The van der Waals surface area contributed by atoms with Gasteiger partial charge in [-0.05, 0) is 84.0 Å². The van der Waals surface area contributed by atoms with E-state index in [-0.39, 0.29) is 23.1 Å². The number of hydrogen-bond donors (Lipinski definition) is 0. The number of benzene rings is 1. The van der Waals surface area contributed by atoms with E-state index in [9.17, 15) is 10.5 Å². The number of hydrogen-bond acceptors (Lipinski definition) is 6. The Balaban J connectivity index is 1.88. The van der Waals surface area contributed by atoms with Crippen molar-refractivity contribution < 1.29 is 9.47 Å². The third kappa shape index (κ3) is 6.35. The minimum Gasteiger partial charge on any atom is -0.493 e. The van der Waals surface area contributed by atoms with E-state index in [4.69, 9.17) is 16.0 Å². The van der Waals surface area contributed by atoms with Gasteiger partial charge in [-0.3, -0.25) is 0 Å². The summed E-state index contributed by atoms with van der Waals surface area (Å²) in [4.78, 5) is 7.95. The lowest BCUT2D eigenvalue weighted by molar-refractivity contribution is 0.0954. The molecule has 1 aromatic carbocycles. The third-order valence-corrected chi connectivity index (χ3v) is 7.03. The van der Waals surface area contributed by atoms with E-state index in [1.54, 1.807) is 11.3 Å². The molecule has 38 heavy (non-hydrogen) atoms. The number of allylic oxidation sites excluding steroid dienone is 1. The van der Waals surface area contributed by atoms with Crippen molar-refractivity contribution in [1.82, 2.24) is 0 Å². The minimum atomic E-state index is -0.825. The zero-order valence-electron chi connectivity index (χ0n) is 22.7. The Bertz CT molecular complexity index is 1420. The SMILES string of the molecule is [C-]#[N+]C1=C(/C=C/c2ccc(/C=C/c3ccc(N(CC)CC)cc3OC(C)C)s2)C(C)(C)OC1=C(C#N)C#N. The van der Waals surface area contributed by atoms with Crippen molar-refractivity contribution in [2.75, 3.05) is 18.0 Å². The number of nitrogens with zero attached hydrogens (tertiary/aromatic N) is 4. The lowest BCUT2D eigenvalue weighted by atomic mass is 9.97. The first kappa shape index (κ1) is 28.3. The van der Waals surface area contributed by atoms with Crippen LogP contribution in [0, 0.1) is 29.2 Å². The summed E-state index contributed by atoms with van der Waals surface area (Å²) in [6.07, 6.45) is 7.98. The molecule has 6 nitrogen and oxygen atoms in total. The summed E-state index contributed by atoms with van der Waals surface area (Å²) in [5, 5.41) is 18.5. The van der Waals surface area contributed by atoms with Gasteiger partial charge in [0.2, 0.25) is 5.70 Å². The second-order valence-electron chi connectivity index (χ2n) is 9.38. The molecule has 3 rings (SSSR count). The second-order valence-corrected chi connectivity index (χ2v) is 10.5. The van der Waals surface area contributed by atoms with Crippen molar-refractivity contribution in [1.29, 1.82) is 10.5 Å². The number of nitriles is 2. The second kappa shape index (κ2) is 12.3. The standard InChI is InChI=1S/C31H32N4O2S/c1-8-35(9-2)24-12-10-22(28(18-24)36-21(3)4)11-13-25-14-15-26(38-25)16-17-27-29(34-7)30(23(19-32)20-33)37-31(27,5)6/h10-18,21H,8-9H2,1-6H3/b13-11+,17-16+. The molecule has 0 N–H and O–H groups in total. The molecular formula is C31H32N4O2S. The molecular weight excluding hydrogens is 492 g/mol. The Morgan fingerprint density at radius 2 is 1.71 bits per heavy atom. The van der Waals surface area contributed by atoms with Crippen LogP contribution in [0.2, 0.25) is 0 Å². The van der Waals surface area contributed by atoms with E-state index < -0.39 is 5.60 Å². The first-order chi connectivity index (χ1) is 18.2. The van der Waals surface area contributed by atoms with Gasteiger partial charge in [-0.1, -0.05) is 6.08 Å². The summed E-state index contributed by atoms with van der Waals surface area (Å²) >= 11 is 1.62. The Kier molecular flexibility index (Phi) is 9.19. The summed E-state index contributed by atoms with van der Waals surface area (Å²) in [6.45, 7) is 21.5. The van der Waals surface area contributed by atoms with Crippen molar-refractivity contribution in [2.24, 2.45) is 0 Å². The summed E-state index contributed by atoms with van der Waals surface area (Å²) < 4.78 is 12.0. The highest BCUT2D eigenvalue weighted by Crippen LogP contribution is 2.41. The van der Waals surface area contributed by atoms with Crippen LogP contribution < -0.4 is 9.64 Å². The van der Waals surface area contributed by atoms with E-state index in [0.717, 1.165) is 39.8 Å². The molecule has 0 fully saturated rings. The van der Waals surface area contributed by atoms with E-state index in [2.05, 4.69) is 53.9 Å². The fourth-order valence-electron chi connectivity index (χ4n) is 4.14. The minimum absolute atomic E-state index is 0.0517. The van der Waals surface area contributed by atoms with Gasteiger partial charge in [0, 0.05) is 45.7 Å². The Morgan fingerprint density at radius 3 is 2.26 bits per heavy atom. The Hall–Kier alpha value is -4.25. The van der Waals surface area contributed by atoms with Crippen molar-refractivity contribution in [3.8, 4) is 17.9 Å². The lowest BCUT2D eigenvalue weighted by Crippen LogP contribution is -2.21. The van der Waals surface area contributed by atoms with Gasteiger partial charge in [0.25, 0.3) is 0 Å². The first-order valence-corrected chi connectivity index (χ1v) is 13.4. The molecule has 1 aliphatic heterocycles. The largest absolute Gasteiger partial charge is 0.493 e. The van der Waals surface area contributed by atoms with Crippen LogP contribution in [0.1, 0.15) is 56.9 Å². The van der Waals surface area contributed by atoms with Gasteiger partial charge in [0.05, 0.1) is 12.7 Å². The van der Waals surface area contributed by atoms with Crippen molar-refractivity contribution in [2.45, 2.75) is 53.2 Å². The van der Waals surface area contributed by atoms with Crippen LogP contribution in [0.15, 0.2) is 59.0 Å². The highest BCUT2D eigenvalue weighted by Gasteiger charge is 2.38. The van der Waals surface area contributed by atoms with Crippen molar-refractivity contribution in [3.63, 3.8) is 0 Å². The summed E-state index contributed by atoms with van der Waals surface area (Å²) in [6, 6.07) is 14.0. The van der Waals surface area contributed by atoms with E-state index >= 15 is 0 Å². The number of rotatable bonds is 9. The molecule has 7 heteroatoms. The molecule has 2 aromatic rings. The van der Waals surface area contributed by atoms with Gasteiger partial charge in [0.15, 0.2) is 11.3 Å². The van der Waals surface area contributed by atoms with Crippen molar-refractivity contribution in [3.05, 3.63) is 85.7 Å². The molecule has 0 spiro atoms. The fourth-order valence-corrected chi connectivity index (χ4v) is 4.96. The summed E-state index contributed by atoms with van der Waals surface area (Å²) in [7, 11) is 0. The van der Waals surface area contributed by atoms with Crippen LogP contribution in [0.3, 0.4) is 0 Å². The predicted molar refractivity (Wildman–Crippen MR) is 155 cm³/mol. The molecule has 0 bridgehead atoms. The number of thiophene rings is 1. The molecule has 0 saturated heterocycles. The van der Waals surface area contributed by atoms with E-state index in [1.165, 1.54) is 0 Å². The zero-order chi connectivity index (χ0) is 27.9. The monoisotopic (exact) mass is 524 g/mol. The predicted octanol–water partition coefficient (Wildman–Crippen LogP) is 7.85. The maximum absolute atomic E-state index is 9.25. The van der Waals surface area contributed by atoms with Crippen molar-refractivity contribution >= 4 is 35.3 Å². The van der Waals surface area contributed by atoms with Gasteiger partial charge in [-0.15, -0.1) is 11.3 Å². The first-order valence-electron chi connectivity index (χ1n) is 12.5. The van der Waals surface area contributed by atoms with Crippen LogP contribution in [0.25, 0.3) is 23.1 Å². The Labute approximate surface area is 229 Å². The molecule has 0 amide bonds. The third-order valence-electron chi connectivity index (χ3n) is 6.02. The van der Waals surface area contributed by atoms with Gasteiger partial charge in [-0.25, -0.2) is 4.85 Å². The quantitative estimate of drug-likeness (QED) is 0.247. The molecule has 0 unspecified atom stereocenters. The van der Waals surface area contributed by atoms with Crippen LogP contribution >= 0.6 is 11.3 Å².